The first kappa shape index (κ1) is 12.9. The van der Waals surface area contributed by atoms with Gasteiger partial charge in [-0.25, -0.2) is 4.39 Å². The first-order valence-corrected chi connectivity index (χ1v) is 5.71. The van der Waals surface area contributed by atoms with E-state index in [4.69, 9.17) is 4.74 Å². The zero-order valence-electron chi connectivity index (χ0n) is 10.1. The maximum absolute atomic E-state index is 13.2. The van der Waals surface area contributed by atoms with E-state index < -0.39 is 10.7 Å². The number of nitro benzene ring substituents is 1. The molecule has 1 aliphatic rings. The number of ether oxygens (including phenoxy) is 1. The average Bonchev–Trinajstić information content (AvgIpc) is 2.26. The van der Waals surface area contributed by atoms with Crippen molar-refractivity contribution in [3.05, 3.63) is 39.7 Å². The van der Waals surface area contributed by atoms with Gasteiger partial charge in [-0.05, 0) is 11.6 Å². The van der Waals surface area contributed by atoms with Gasteiger partial charge in [-0.1, -0.05) is 6.92 Å². The van der Waals surface area contributed by atoms with Gasteiger partial charge in [0.25, 0.3) is 5.69 Å². The minimum atomic E-state index is -0.590. The molecule has 1 aromatic rings. The van der Waals surface area contributed by atoms with E-state index in [0.717, 1.165) is 12.6 Å². The summed E-state index contributed by atoms with van der Waals surface area (Å²) in [5, 5.41) is 13.8. The van der Waals surface area contributed by atoms with Crippen LogP contribution in [0.25, 0.3) is 0 Å². The predicted molar refractivity (Wildman–Crippen MR) is 63.7 cm³/mol. The minimum Gasteiger partial charge on any atom is -0.380 e. The largest absolute Gasteiger partial charge is 0.380 e. The zero-order chi connectivity index (χ0) is 13.2. The smallest absolute Gasteiger partial charge is 0.272 e. The number of hydrogen-bond acceptors (Lipinski definition) is 4. The van der Waals surface area contributed by atoms with E-state index in [0.29, 0.717) is 25.3 Å². The maximum Gasteiger partial charge on any atom is 0.272 e. The molecule has 1 saturated heterocycles. The van der Waals surface area contributed by atoms with E-state index >= 15 is 0 Å². The van der Waals surface area contributed by atoms with Crippen molar-refractivity contribution in [1.29, 1.82) is 0 Å². The zero-order valence-corrected chi connectivity index (χ0v) is 10.1. The van der Waals surface area contributed by atoms with Gasteiger partial charge < -0.3 is 10.1 Å². The quantitative estimate of drug-likeness (QED) is 0.643. The molecular formula is C12H15FN2O3. The lowest BCUT2D eigenvalue weighted by molar-refractivity contribution is -0.385. The molecule has 1 heterocycles. The lowest BCUT2D eigenvalue weighted by atomic mass is 9.89. The van der Waals surface area contributed by atoms with Crippen molar-refractivity contribution < 1.29 is 14.1 Å². The molecule has 0 atom stereocenters. The van der Waals surface area contributed by atoms with Crippen LogP contribution in [0.15, 0.2) is 18.2 Å². The Morgan fingerprint density at radius 1 is 1.50 bits per heavy atom. The fourth-order valence-corrected chi connectivity index (χ4v) is 1.90. The van der Waals surface area contributed by atoms with Crippen LogP contribution in [-0.4, -0.2) is 24.7 Å². The third-order valence-electron chi connectivity index (χ3n) is 2.94. The molecule has 1 aliphatic heterocycles. The van der Waals surface area contributed by atoms with E-state index in [-0.39, 0.29) is 11.1 Å². The summed E-state index contributed by atoms with van der Waals surface area (Å²) in [7, 11) is 0. The summed E-state index contributed by atoms with van der Waals surface area (Å²) in [4.78, 5) is 10.0. The number of hydrogen-bond donors (Lipinski definition) is 1. The van der Waals surface area contributed by atoms with Gasteiger partial charge in [0.05, 0.1) is 24.2 Å². The highest BCUT2D eigenvalue weighted by molar-refractivity contribution is 5.35. The van der Waals surface area contributed by atoms with Gasteiger partial charge in [-0.3, -0.25) is 10.1 Å². The lowest BCUT2D eigenvalue weighted by Gasteiger charge is -2.38. The molecule has 1 N–H and O–H groups in total. The predicted octanol–water partition coefficient (Wildman–Crippen LogP) is 1.86. The molecule has 2 rings (SSSR count). The molecule has 0 unspecified atom stereocenters. The van der Waals surface area contributed by atoms with E-state index in [1.54, 1.807) is 0 Å². The molecule has 0 amide bonds. The topological polar surface area (TPSA) is 64.4 Å². The Labute approximate surface area is 104 Å². The molecule has 0 bridgehead atoms. The molecule has 0 aliphatic carbocycles. The van der Waals surface area contributed by atoms with E-state index in [1.807, 2.05) is 0 Å². The van der Waals surface area contributed by atoms with E-state index in [9.17, 15) is 14.5 Å². The highest BCUT2D eigenvalue weighted by atomic mass is 19.1. The monoisotopic (exact) mass is 254 g/mol. The van der Waals surface area contributed by atoms with Crippen molar-refractivity contribution >= 4 is 5.69 Å². The summed E-state index contributed by atoms with van der Waals surface area (Å²) in [6.45, 7) is 4.68. The van der Waals surface area contributed by atoms with Crippen LogP contribution in [0.3, 0.4) is 0 Å². The summed E-state index contributed by atoms with van der Waals surface area (Å²) in [6.07, 6.45) is 0. The standard InChI is InChI=1S/C12H15FN2O3/c1-12(7-18-8-12)6-14-5-9-2-10(13)4-11(3-9)15(16)17/h2-4,14H,5-8H2,1H3. The second kappa shape index (κ2) is 4.99. The van der Waals surface area contributed by atoms with Crippen LogP contribution in [0.4, 0.5) is 10.1 Å². The van der Waals surface area contributed by atoms with Gasteiger partial charge in [0.15, 0.2) is 0 Å². The summed E-state index contributed by atoms with van der Waals surface area (Å²) >= 11 is 0. The van der Waals surface area contributed by atoms with Gasteiger partial charge in [0.2, 0.25) is 0 Å². The maximum atomic E-state index is 13.2. The molecule has 5 nitrogen and oxygen atoms in total. The highest BCUT2D eigenvalue weighted by Gasteiger charge is 2.32. The van der Waals surface area contributed by atoms with Gasteiger partial charge in [0, 0.05) is 24.6 Å². The van der Waals surface area contributed by atoms with Crippen molar-refractivity contribution in [3.63, 3.8) is 0 Å². The van der Waals surface area contributed by atoms with Crippen LogP contribution >= 0.6 is 0 Å². The Bertz CT molecular complexity index is 461. The minimum absolute atomic E-state index is 0.124. The number of nitro groups is 1. The number of nitrogens with one attached hydrogen (secondary N) is 1. The van der Waals surface area contributed by atoms with Crippen molar-refractivity contribution in [3.8, 4) is 0 Å². The number of nitrogens with zero attached hydrogens (tertiary/aromatic N) is 1. The van der Waals surface area contributed by atoms with Crippen LogP contribution in [0.2, 0.25) is 0 Å². The molecular weight excluding hydrogens is 239 g/mol. The molecule has 0 aromatic heterocycles. The van der Waals surface area contributed by atoms with Crippen LogP contribution in [0, 0.1) is 21.3 Å². The van der Waals surface area contributed by atoms with Gasteiger partial charge in [-0.2, -0.15) is 0 Å². The third-order valence-corrected chi connectivity index (χ3v) is 2.94. The van der Waals surface area contributed by atoms with Crippen molar-refractivity contribution in [2.75, 3.05) is 19.8 Å². The van der Waals surface area contributed by atoms with Gasteiger partial charge in [0.1, 0.15) is 5.82 Å². The first-order chi connectivity index (χ1) is 8.48. The number of non-ortho nitro benzene ring substituents is 1. The molecule has 0 radical (unpaired) electrons. The van der Waals surface area contributed by atoms with E-state index in [2.05, 4.69) is 12.2 Å². The fourth-order valence-electron chi connectivity index (χ4n) is 1.90. The molecule has 0 saturated carbocycles. The summed E-state index contributed by atoms with van der Waals surface area (Å²) < 4.78 is 18.3. The normalized spacial score (nSPS) is 17.2. The first-order valence-electron chi connectivity index (χ1n) is 5.71. The van der Waals surface area contributed by atoms with Crippen LogP contribution < -0.4 is 5.32 Å². The van der Waals surface area contributed by atoms with Crippen molar-refractivity contribution in [2.45, 2.75) is 13.5 Å². The van der Waals surface area contributed by atoms with Gasteiger partial charge >= 0.3 is 0 Å². The molecule has 6 heteroatoms. The number of rotatable bonds is 5. The second-order valence-corrected chi connectivity index (χ2v) is 4.98. The Balaban J connectivity index is 1.94. The Kier molecular flexibility index (Phi) is 3.58. The number of halogens is 1. The fraction of sp³-hybridized carbons (Fsp3) is 0.500. The van der Waals surface area contributed by atoms with Gasteiger partial charge in [-0.15, -0.1) is 0 Å². The Morgan fingerprint density at radius 2 is 2.22 bits per heavy atom. The lowest BCUT2D eigenvalue weighted by Crippen LogP contribution is -2.47. The summed E-state index contributed by atoms with van der Waals surface area (Å²) in [5.74, 6) is -0.584. The average molecular weight is 254 g/mol. The Morgan fingerprint density at radius 3 is 2.78 bits per heavy atom. The third kappa shape index (κ3) is 3.02. The van der Waals surface area contributed by atoms with Crippen LogP contribution in [0.1, 0.15) is 12.5 Å². The van der Waals surface area contributed by atoms with Crippen LogP contribution in [-0.2, 0) is 11.3 Å². The SMILES string of the molecule is CC1(CNCc2cc(F)cc([N+](=O)[O-])c2)COC1. The van der Waals surface area contributed by atoms with E-state index in [1.165, 1.54) is 12.1 Å². The highest BCUT2D eigenvalue weighted by Crippen LogP contribution is 2.25. The Hall–Kier alpha value is -1.53. The molecule has 18 heavy (non-hydrogen) atoms. The molecule has 98 valence electrons. The summed E-state index contributed by atoms with van der Waals surface area (Å²) in [5.41, 5.74) is 0.481. The summed E-state index contributed by atoms with van der Waals surface area (Å²) in [6, 6.07) is 3.61. The molecule has 1 fully saturated rings. The number of benzene rings is 1. The van der Waals surface area contributed by atoms with Crippen molar-refractivity contribution in [2.24, 2.45) is 5.41 Å². The second-order valence-electron chi connectivity index (χ2n) is 4.98. The van der Waals surface area contributed by atoms with Crippen molar-refractivity contribution in [1.82, 2.24) is 5.32 Å². The van der Waals surface area contributed by atoms with Crippen LogP contribution in [0.5, 0.6) is 0 Å². The molecule has 0 spiro atoms. The molecule has 1 aromatic carbocycles.